The van der Waals surface area contributed by atoms with Crippen LogP contribution in [0.5, 0.6) is 0 Å². The first-order chi connectivity index (χ1) is 8.45. The molecule has 1 aromatic heterocycles. The molecule has 1 fully saturated rings. The fourth-order valence-corrected chi connectivity index (χ4v) is 2.20. The molecule has 0 bridgehead atoms. The van der Waals surface area contributed by atoms with Crippen LogP contribution in [0.15, 0.2) is 12.3 Å². The molecular formula is C14H26N4. The topological polar surface area (TPSA) is 24.3 Å². The van der Waals surface area contributed by atoms with Crippen molar-refractivity contribution in [1.82, 2.24) is 19.6 Å². The summed E-state index contributed by atoms with van der Waals surface area (Å²) in [7, 11) is 2.19. The second kappa shape index (κ2) is 5.41. The lowest BCUT2D eigenvalue weighted by atomic mass is 9.93. The summed E-state index contributed by atoms with van der Waals surface area (Å²) in [4.78, 5) is 4.92. The zero-order valence-corrected chi connectivity index (χ0v) is 12.2. The molecule has 2 rings (SSSR count). The number of nitrogens with zero attached hydrogens (tertiary/aromatic N) is 4. The zero-order valence-electron chi connectivity index (χ0n) is 12.2. The van der Waals surface area contributed by atoms with Gasteiger partial charge < -0.3 is 4.90 Å². The van der Waals surface area contributed by atoms with Gasteiger partial charge in [0.05, 0.1) is 12.2 Å². The van der Waals surface area contributed by atoms with Crippen molar-refractivity contribution in [1.29, 1.82) is 0 Å². The Labute approximate surface area is 111 Å². The Bertz CT molecular complexity index is 369. The summed E-state index contributed by atoms with van der Waals surface area (Å²) < 4.78 is 2.08. The van der Waals surface area contributed by atoms with Crippen LogP contribution in [0.3, 0.4) is 0 Å². The van der Waals surface area contributed by atoms with Gasteiger partial charge in [0.25, 0.3) is 0 Å². The van der Waals surface area contributed by atoms with Gasteiger partial charge in [-0.15, -0.1) is 0 Å². The SMILES string of the molecule is CN1CCN(CCn2ccc(C(C)(C)C)n2)CC1. The van der Waals surface area contributed by atoms with Crippen molar-refractivity contribution in [3.63, 3.8) is 0 Å². The van der Waals surface area contributed by atoms with Gasteiger partial charge in [-0.05, 0) is 13.1 Å². The number of rotatable bonds is 3. The van der Waals surface area contributed by atoms with E-state index in [1.807, 2.05) is 0 Å². The predicted octanol–water partition coefficient (Wildman–Crippen LogP) is 1.43. The molecule has 0 atom stereocenters. The van der Waals surface area contributed by atoms with Crippen molar-refractivity contribution in [2.45, 2.75) is 32.7 Å². The third-order valence-corrected chi connectivity index (χ3v) is 3.65. The Morgan fingerprint density at radius 1 is 1.11 bits per heavy atom. The molecule has 0 aromatic carbocycles. The molecule has 0 spiro atoms. The van der Waals surface area contributed by atoms with Crippen LogP contribution in [0.1, 0.15) is 26.5 Å². The summed E-state index contributed by atoms with van der Waals surface area (Å²) in [6.45, 7) is 13.5. The monoisotopic (exact) mass is 250 g/mol. The summed E-state index contributed by atoms with van der Waals surface area (Å²) >= 11 is 0. The Balaban J connectivity index is 1.82. The van der Waals surface area contributed by atoms with Crippen LogP contribution in [-0.2, 0) is 12.0 Å². The first kappa shape index (κ1) is 13.6. The van der Waals surface area contributed by atoms with Gasteiger partial charge in [0, 0.05) is 44.3 Å². The van der Waals surface area contributed by atoms with E-state index in [9.17, 15) is 0 Å². The van der Waals surface area contributed by atoms with Crippen molar-refractivity contribution in [2.75, 3.05) is 39.8 Å². The molecule has 1 aliphatic heterocycles. The van der Waals surface area contributed by atoms with E-state index < -0.39 is 0 Å². The molecule has 0 radical (unpaired) electrons. The minimum absolute atomic E-state index is 0.152. The van der Waals surface area contributed by atoms with Crippen molar-refractivity contribution < 1.29 is 0 Å². The fourth-order valence-electron chi connectivity index (χ4n) is 2.20. The average molecular weight is 250 g/mol. The molecule has 0 amide bonds. The van der Waals surface area contributed by atoms with Crippen molar-refractivity contribution in [3.05, 3.63) is 18.0 Å². The Hall–Kier alpha value is -0.870. The van der Waals surface area contributed by atoms with Crippen LogP contribution in [-0.4, -0.2) is 59.4 Å². The van der Waals surface area contributed by atoms with E-state index in [1.165, 1.54) is 31.9 Å². The van der Waals surface area contributed by atoms with Crippen LogP contribution in [0.2, 0.25) is 0 Å². The molecule has 1 saturated heterocycles. The maximum absolute atomic E-state index is 4.66. The smallest absolute Gasteiger partial charge is 0.0677 e. The fraction of sp³-hybridized carbons (Fsp3) is 0.786. The van der Waals surface area contributed by atoms with E-state index >= 15 is 0 Å². The van der Waals surface area contributed by atoms with E-state index in [-0.39, 0.29) is 5.41 Å². The molecule has 2 heterocycles. The van der Waals surface area contributed by atoms with E-state index in [4.69, 9.17) is 0 Å². The highest BCUT2D eigenvalue weighted by Gasteiger charge is 2.17. The predicted molar refractivity (Wildman–Crippen MR) is 74.9 cm³/mol. The standard InChI is InChI=1S/C14H26N4/c1-14(2,3)13-5-6-18(15-13)12-11-17-9-7-16(4)8-10-17/h5-6H,7-12H2,1-4H3. The maximum Gasteiger partial charge on any atom is 0.0677 e. The van der Waals surface area contributed by atoms with Gasteiger partial charge in [-0.3, -0.25) is 9.58 Å². The van der Waals surface area contributed by atoms with E-state index in [2.05, 4.69) is 59.7 Å². The normalized spacial score (nSPS) is 19.3. The molecule has 4 heteroatoms. The zero-order chi connectivity index (χ0) is 13.2. The Kier molecular flexibility index (Phi) is 4.07. The molecule has 4 nitrogen and oxygen atoms in total. The Morgan fingerprint density at radius 2 is 1.78 bits per heavy atom. The van der Waals surface area contributed by atoms with Gasteiger partial charge in [0.2, 0.25) is 0 Å². The largest absolute Gasteiger partial charge is 0.304 e. The van der Waals surface area contributed by atoms with Crippen molar-refractivity contribution >= 4 is 0 Å². The first-order valence-electron chi connectivity index (χ1n) is 6.90. The number of piperazine rings is 1. The summed E-state index contributed by atoms with van der Waals surface area (Å²) in [5.41, 5.74) is 1.33. The van der Waals surface area contributed by atoms with Crippen molar-refractivity contribution in [3.8, 4) is 0 Å². The number of hydrogen-bond donors (Lipinski definition) is 0. The highest BCUT2D eigenvalue weighted by Crippen LogP contribution is 2.19. The first-order valence-corrected chi connectivity index (χ1v) is 6.90. The van der Waals surface area contributed by atoms with Gasteiger partial charge >= 0.3 is 0 Å². The number of hydrogen-bond acceptors (Lipinski definition) is 3. The highest BCUT2D eigenvalue weighted by atomic mass is 15.3. The van der Waals surface area contributed by atoms with Gasteiger partial charge in [0.15, 0.2) is 0 Å². The molecule has 102 valence electrons. The third kappa shape index (κ3) is 3.56. The lowest BCUT2D eigenvalue weighted by Gasteiger charge is -2.32. The average Bonchev–Trinajstić information content (AvgIpc) is 2.77. The second-order valence-electron chi connectivity index (χ2n) is 6.36. The summed E-state index contributed by atoms with van der Waals surface area (Å²) in [6.07, 6.45) is 2.11. The minimum Gasteiger partial charge on any atom is -0.304 e. The van der Waals surface area contributed by atoms with Gasteiger partial charge in [-0.2, -0.15) is 5.10 Å². The number of aromatic nitrogens is 2. The number of likely N-dealkylation sites (N-methyl/N-ethyl adjacent to an activating group) is 1. The van der Waals surface area contributed by atoms with E-state index in [0.717, 1.165) is 13.1 Å². The second-order valence-corrected chi connectivity index (χ2v) is 6.36. The van der Waals surface area contributed by atoms with Crippen LogP contribution in [0.4, 0.5) is 0 Å². The van der Waals surface area contributed by atoms with Crippen LogP contribution < -0.4 is 0 Å². The van der Waals surface area contributed by atoms with Crippen LogP contribution in [0.25, 0.3) is 0 Å². The van der Waals surface area contributed by atoms with E-state index in [1.54, 1.807) is 0 Å². The molecule has 1 aromatic rings. The Morgan fingerprint density at radius 3 is 2.33 bits per heavy atom. The molecule has 18 heavy (non-hydrogen) atoms. The molecular weight excluding hydrogens is 224 g/mol. The summed E-state index contributed by atoms with van der Waals surface area (Å²) in [5, 5.41) is 4.66. The molecule has 0 N–H and O–H groups in total. The molecule has 0 unspecified atom stereocenters. The van der Waals surface area contributed by atoms with Crippen molar-refractivity contribution in [2.24, 2.45) is 0 Å². The maximum atomic E-state index is 4.66. The molecule has 0 saturated carbocycles. The van der Waals surface area contributed by atoms with Crippen LogP contribution >= 0.6 is 0 Å². The van der Waals surface area contributed by atoms with Crippen LogP contribution in [0, 0.1) is 0 Å². The molecule has 1 aliphatic rings. The highest BCUT2D eigenvalue weighted by molar-refractivity contribution is 5.10. The summed E-state index contributed by atoms with van der Waals surface area (Å²) in [6, 6.07) is 2.14. The lowest BCUT2D eigenvalue weighted by Crippen LogP contribution is -2.45. The van der Waals surface area contributed by atoms with Gasteiger partial charge in [0.1, 0.15) is 0 Å². The van der Waals surface area contributed by atoms with Gasteiger partial charge in [-0.25, -0.2) is 0 Å². The quantitative estimate of drug-likeness (QED) is 0.811. The summed E-state index contributed by atoms with van der Waals surface area (Å²) in [5.74, 6) is 0. The van der Waals surface area contributed by atoms with E-state index in [0.29, 0.717) is 0 Å². The van der Waals surface area contributed by atoms with Gasteiger partial charge in [-0.1, -0.05) is 20.8 Å². The molecule has 0 aliphatic carbocycles. The lowest BCUT2D eigenvalue weighted by molar-refractivity contribution is 0.148. The third-order valence-electron chi connectivity index (χ3n) is 3.65. The minimum atomic E-state index is 0.152.